The van der Waals surface area contributed by atoms with Crippen LogP contribution in [0.1, 0.15) is 72.6 Å². The number of hydrogen-bond donors (Lipinski definition) is 3. The van der Waals surface area contributed by atoms with Gasteiger partial charge in [-0.1, -0.05) is 19.1 Å². The Bertz CT molecular complexity index is 2110. The van der Waals surface area contributed by atoms with E-state index in [0.29, 0.717) is 38.5 Å². The molecule has 2 aliphatic carbocycles. The van der Waals surface area contributed by atoms with Crippen molar-refractivity contribution < 1.29 is 64.5 Å². The molecule has 0 spiro atoms. The van der Waals surface area contributed by atoms with E-state index in [-0.39, 0.29) is 54.2 Å². The quantitative estimate of drug-likeness (QED) is 0.239. The molecule has 58 heavy (non-hydrogen) atoms. The molecule has 2 saturated carbocycles. The normalized spacial score (nSPS) is 28.2. The van der Waals surface area contributed by atoms with Gasteiger partial charge in [0, 0.05) is 30.5 Å². The molecule has 0 radical (unpaired) electrons. The van der Waals surface area contributed by atoms with E-state index in [4.69, 9.17) is 14.2 Å². The maximum Gasteiger partial charge on any atom is 0.411 e. The molecule has 6 atom stereocenters. The molecule has 3 N–H and O–H groups in total. The summed E-state index contributed by atoms with van der Waals surface area (Å²) in [6.07, 6.45) is -4.27. The van der Waals surface area contributed by atoms with Gasteiger partial charge in [0.2, 0.25) is 27.7 Å². The van der Waals surface area contributed by atoms with E-state index in [1.54, 1.807) is 18.2 Å². The van der Waals surface area contributed by atoms with Gasteiger partial charge in [-0.25, -0.2) is 22.6 Å². The highest BCUT2D eigenvalue weighted by atomic mass is 32.2. The number of allylic oxidation sites excluding steroid dienone is 1. The number of ether oxygens (including phenoxy) is 3. The van der Waals surface area contributed by atoms with Crippen LogP contribution >= 0.6 is 0 Å². The van der Waals surface area contributed by atoms with Gasteiger partial charge in [-0.15, -0.1) is 0 Å². The Morgan fingerprint density at radius 2 is 1.91 bits per heavy atom. The summed E-state index contributed by atoms with van der Waals surface area (Å²) in [7, 11) is -2.87. The number of nitrogens with one attached hydrogen (secondary N) is 2. The van der Waals surface area contributed by atoms with Crippen LogP contribution in [0.2, 0.25) is 0 Å². The third kappa shape index (κ3) is 7.88. The monoisotopic (exact) mass is 841 g/mol. The molecule has 0 unspecified atom stereocenters. The second-order valence-electron chi connectivity index (χ2n) is 16.0. The van der Waals surface area contributed by atoms with Gasteiger partial charge in [0.05, 0.1) is 24.5 Å². The molecule has 4 aliphatic rings. The Kier molecular flexibility index (Phi) is 11.4. The molecule has 1 aromatic carbocycles. The summed E-state index contributed by atoms with van der Waals surface area (Å²) in [6.45, 7) is 3.66. The Labute approximate surface area is 332 Å². The number of carbonyl (C=O) groups is 4. The second kappa shape index (κ2) is 15.5. The zero-order chi connectivity index (χ0) is 42.6. The van der Waals surface area contributed by atoms with Gasteiger partial charge in [-0.3, -0.25) is 24.0 Å². The Balaban J connectivity index is 1.43. The highest BCUT2D eigenvalue weighted by Crippen LogP contribution is 2.48. The topological polar surface area (TPSA) is 194 Å². The Morgan fingerprint density at radius 1 is 1.21 bits per heavy atom. The predicted octanol–water partition coefficient (Wildman–Crippen LogP) is 4.44. The van der Waals surface area contributed by atoms with Crippen molar-refractivity contribution in [1.29, 1.82) is 0 Å². The van der Waals surface area contributed by atoms with E-state index >= 15 is 0 Å². The molecule has 1 aromatic heterocycles. The van der Waals surface area contributed by atoms with E-state index in [9.17, 15) is 50.3 Å². The number of sulfonamides is 1. The standard InChI is InChI=1S/C38H47F4N5O10S/c1-6-27-29(47(34(51)52)35(2,3)38(40,41)42)32(49)46-20-23(57-31-24-18-25(39)28(55-5)16-21(24)11-14-43-31)17-26(46)30(48)44-37(19-22(37)10-8-7-9-15-56-27)33(50)45-58(53,54)36(4)12-13-36/h8,10-11,14,16,18,22-23,26-27,29H,6-7,9,12-13,15,17,19-20H2,1-5H3,(H,44,48)(H,45,50)(H,51,52)/b10-8-/t22-,23-,26+,27+,29+,37-/m1/s1. The average molecular weight is 842 g/mol. The molecule has 1 saturated heterocycles. The molecular formula is C38H47F4N5O10S. The van der Waals surface area contributed by atoms with Crippen LogP contribution in [0.5, 0.6) is 11.6 Å². The molecule has 15 nitrogen and oxygen atoms in total. The molecule has 2 aliphatic heterocycles. The Hall–Kier alpha value is -4.72. The summed E-state index contributed by atoms with van der Waals surface area (Å²) >= 11 is 0. The number of carbonyl (C=O) groups excluding carboxylic acids is 3. The number of nitrogens with zero attached hydrogens (tertiary/aromatic N) is 3. The highest BCUT2D eigenvalue weighted by molar-refractivity contribution is 7.91. The number of methoxy groups -OCH3 is 1. The van der Waals surface area contributed by atoms with Gasteiger partial charge >= 0.3 is 12.3 Å². The van der Waals surface area contributed by atoms with Crippen LogP contribution in [-0.2, 0) is 29.1 Å². The summed E-state index contributed by atoms with van der Waals surface area (Å²) < 4.78 is 103. The van der Waals surface area contributed by atoms with Crippen molar-refractivity contribution in [1.82, 2.24) is 24.8 Å². The highest BCUT2D eigenvalue weighted by Gasteiger charge is 2.64. The lowest BCUT2D eigenvalue weighted by atomic mass is 9.95. The molecule has 6 rings (SSSR count). The average Bonchev–Trinajstić information content (AvgIpc) is 4.02. The van der Waals surface area contributed by atoms with E-state index in [0.717, 1.165) is 11.0 Å². The summed E-state index contributed by atoms with van der Waals surface area (Å²) in [5.41, 5.74) is -4.92. The number of hydrogen-bond acceptors (Lipinski definition) is 10. The van der Waals surface area contributed by atoms with Gasteiger partial charge in [-0.2, -0.15) is 13.2 Å². The lowest BCUT2D eigenvalue weighted by Gasteiger charge is -2.45. The van der Waals surface area contributed by atoms with Crippen LogP contribution in [0.15, 0.2) is 36.5 Å². The number of pyridine rings is 1. The maximum absolute atomic E-state index is 14.9. The zero-order valence-corrected chi connectivity index (χ0v) is 33.4. The number of alkyl halides is 3. The number of amides is 4. The number of rotatable bonds is 9. The van der Waals surface area contributed by atoms with Gasteiger partial charge in [0.25, 0.3) is 5.91 Å². The van der Waals surface area contributed by atoms with E-state index in [1.807, 2.05) is 0 Å². The van der Waals surface area contributed by atoms with Crippen molar-refractivity contribution in [3.05, 3.63) is 42.4 Å². The molecule has 0 bridgehead atoms. The van der Waals surface area contributed by atoms with Crippen LogP contribution < -0.4 is 19.5 Å². The molecule has 2 aromatic rings. The third-order valence-corrected chi connectivity index (χ3v) is 13.9. The van der Waals surface area contributed by atoms with E-state index < -0.39 is 98.4 Å². The molecule has 20 heteroatoms. The number of benzene rings is 1. The summed E-state index contributed by atoms with van der Waals surface area (Å²) in [6, 6.07) is 0.354. The van der Waals surface area contributed by atoms with Crippen LogP contribution in [0.4, 0.5) is 22.4 Å². The van der Waals surface area contributed by atoms with Crippen LogP contribution in [0, 0.1) is 11.7 Å². The van der Waals surface area contributed by atoms with Gasteiger partial charge in [-0.05, 0) is 82.9 Å². The second-order valence-corrected chi connectivity index (χ2v) is 18.2. The third-order valence-electron chi connectivity index (χ3n) is 11.7. The zero-order valence-electron chi connectivity index (χ0n) is 32.6. The van der Waals surface area contributed by atoms with Gasteiger partial charge in [0.1, 0.15) is 29.3 Å². The minimum absolute atomic E-state index is 0.00222. The lowest BCUT2D eigenvalue weighted by Crippen LogP contribution is -2.68. The minimum atomic E-state index is -5.17. The van der Waals surface area contributed by atoms with E-state index in [1.165, 1.54) is 33.2 Å². The fourth-order valence-electron chi connectivity index (χ4n) is 7.57. The lowest BCUT2D eigenvalue weighted by molar-refractivity contribution is -0.225. The summed E-state index contributed by atoms with van der Waals surface area (Å²) in [4.78, 5) is 61.3. The number of fused-ring (bicyclic) bond motifs is 3. The van der Waals surface area contributed by atoms with Crippen molar-refractivity contribution >= 4 is 44.6 Å². The van der Waals surface area contributed by atoms with Crippen molar-refractivity contribution in [2.24, 2.45) is 5.92 Å². The first-order valence-corrected chi connectivity index (χ1v) is 20.4. The molecule has 3 fully saturated rings. The molecule has 4 amide bonds. The largest absolute Gasteiger partial charge is 0.494 e. The van der Waals surface area contributed by atoms with Crippen molar-refractivity contribution in [3.8, 4) is 11.6 Å². The van der Waals surface area contributed by atoms with Gasteiger partial charge in [0.15, 0.2) is 11.6 Å². The van der Waals surface area contributed by atoms with Crippen molar-refractivity contribution in [2.45, 2.75) is 119 Å². The first-order chi connectivity index (χ1) is 27.1. The predicted molar refractivity (Wildman–Crippen MR) is 199 cm³/mol. The molecule has 3 heterocycles. The van der Waals surface area contributed by atoms with Crippen molar-refractivity contribution in [3.63, 3.8) is 0 Å². The number of carboxylic acid groups (broad SMARTS) is 1. The Morgan fingerprint density at radius 3 is 2.53 bits per heavy atom. The fourth-order valence-corrected chi connectivity index (χ4v) is 8.88. The molecule has 318 valence electrons. The first-order valence-electron chi connectivity index (χ1n) is 19.0. The molecular weight excluding hydrogens is 795 g/mol. The summed E-state index contributed by atoms with van der Waals surface area (Å²) in [5, 5.41) is 13.7. The van der Waals surface area contributed by atoms with E-state index in [2.05, 4.69) is 15.0 Å². The number of halogens is 4. The first kappa shape index (κ1) is 42.9. The number of aromatic nitrogens is 1. The van der Waals surface area contributed by atoms with Crippen LogP contribution in [-0.4, -0.2) is 119 Å². The fraction of sp³-hybridized carbons (Fsp3) is 0.605. The maximum atomic E-state index is 14.9. The van der Waals surface area contributed by atoms with Gasteiger partial charge < -0.3 is 29.5 Å². The summed E-state index contributed by atoms with van der Waals surface area (Å²) in [5.74, 6) is -4.76. The van der Waals surface area contributed by atoms with Crippen molar-refractivity contribution in [2.75, 3.05) is 20.3 Å². The SMILES string of the molecule is CC[C@@H]1OCCC/C=C\[C@@H]2C[C@@]2(C(=O)NS(=O)(=O)C2(C)CC2)NC(=O)[C@@H]2C[C@@H](Oc3nccc4cc(OC)c(F)cc34)CN2C(=O)[C@H]1N(C(=O)O)C(C)(C)C(F)(F)F. The van der Waals surface area contributed by atoms with Crippen LogP contribution in [0.25, 0.3) is 10.8 Å². The smallest absolute Gasteiger partial charge is 0.411 e. The van der Waals surface area contributed by atoms with Crippen LogP contribution in [0.3, 0.4) is 0 Å². The minimum Gasteiger partial charge on any atom is -0.494 e.